The molecule has 0 aliphatic carbocycles. The van der Waals surface area contributed by atoms with Crippen LogP contribution in [0.1, 0.15) is 35.6 Å². The number of nitrogens with one attached hydrogen (secondary N) is 1. The lowest BCUT2D eigenvalue weighted by Crippen LogP contribution is -2.22. The van der Waals surface area contributed by atoms with E-state index in [2.05, 4.69) is 36.3 Å². The van der Waals surface area contributed by atoms with Crippen LogP contribution in [0.2, 0.25) is 5.02 Å². The van der Waals surface area contributed by atoms with Gasteiger partial charge < -0.3 is 9.73 Å². The van der Waals surface area contributed by atoms with Gasteiger partial charge in [0.15, 0.2) is 0 Å². The summed E-state index contributed by atoms with van der Waals surface area (Å²) in [4.78, 5) is 2.28. The molecule has 1 aromatic carbocycles. The van der Waals surface area contributed by atoms with Crippen molar-refractivity contribution < 1.29 is 4.42 Å². The topological polar surface area (TPSA) is 28.4 Å². The number of halogens is 1. The molecule has 1 aromatic heterocycles. The van der Waals surface area contributed by atoms with E-state index in [-0.39, 0.29) is 6.04 Å². The average molecular weight is 307 g/mol. The summed E-state index contributed by atoms with van der Waals surface area (Å²) in [6.07, 6.45) is 0. The van der Waals surface area contributed by atoms with Crippen LogP contribution in [-0.4, -0.2) is 19.0 Å². The van der Waals surface area contributed by atoms with Gasteiger partial charge in [0.2, 0.25) is 0 Å². The van der Waals surface area contributed by atoms with Crippen molar-refractivity contribution >= 4 is 11.6 Å². The van der Waals surface area contributed by atoms with Gasteiger partial charge in [-0.1, -0.05) is 29.8 Å². The molecule has 4 heteroatoms. The summed E-state index contributed by atoms with van der Waals surface area (Å²) in [6, 6.07) is 10.4. The Balaban J connectivity index is 2.10. The molecule has 2 aromatic rings. The zero-order chi connectivity index (χ0) is 15.4. The van der Waals surface area contributed by atoms with Gasteiger partial charge in [-0.3, -0.25) is 4.90 Å². The first-order valence-electron chi connectivity index (χ1n) is 7.20. The van der Waals surface area contributed by atoms with Gasteiger partial charge in [0.05, 0.1) is 6.54 Å². The van der Waals surface area contributed by atoms with E-state index in [4.69, 9.17) is 16.0 Å². The van der Waals surface area contributed by atoms with Crippen LogP contribution in [0, 0.1) is 6.92 Å². The molecule has 0 saturated heterocycles. The Morgan fingerprint density at radius 3 is 2.71 bits per heavy atom. The molecule has 0 radical (unpaired) electrons. The standard InChI is InChI=1S/C17H23ClN2O/c1-12(16-7-5-6-8-17(16)18)20(4)11-14-9-15(10-19-3)21-13(14)2/h5-9,12,19H,10-11H2,1-4H3. The van der Waals surface area contributed by atoms with Gasteiger partial charge in [-0.2, -0.15) is 0 Å². The van der Waals surface area contributed by atoms with E-state index >= 15 is 0 Å². The monoisotopic (exact) mass is 306 g/mol. The van der Waals surface area contributed by atoms with Crippen molar-refractivity contribution in [2.45, 2.75) is 33.0 Å². The molecule has 21 heavy (non-hydrogen) atoms. The summed E-state index contributed by atoms with van der Waals surface area (Å²) in [7, 11) is 4.03. The lowest BCUT2D eigenvalue weighted by Gasteiger charge is -2.25. The third-order valence-corrected chi connectivity index (χ3v) is 4.20. The second kappa shape index (κ2) is 7.12. The van der Waals surface area contributed by atoms with E-state index < -0.39 is 0 Å². The lowest BCUT2D eigenvalue weighted by atomic mass is 10.1. The van der Waals surface area contributed by atoms with Crippen molar-refractivity contribution in [2.75, 3.05) is 14.1 Å². The molecule has 0 aliphatic rings. The fourth-order valence-electron chi connectivity index (χ4n) is 2.46. The third-order valence-electron chi connectivity index (χ3n) is 3.86. The van der Waals surface area contributed by atoms with E-state index in [1.54, 1.807) is 0 Å². The maximum Gasteiger partial charge on any atom is 0.118 e. The van der Waals surface area contributed by atoms with Crippen molar-refractivity contribution in [3.8, 4) is 0 Å². The Kier molecular flexibility index (Phi) is 5.45. The first-order valence-corrected chi connectivity index (χ1v) is 7.58. The van der Waals surface area contributed by atoms with E-state index in [9.17, 15) is 0 Å². The predicted molar refractivity (Wildman–Crippen MR) is 87.5 cm³/mol. The Labute approximate surface area is 131 Å². The number of nitrogens with zero attached hydrogens (tertiary/aromatic N) is 1. The lowest BCUT2D eigenvalue weighted by molar-refractivity contribution is 0.251. The second-order valence-corrected chi connectivity index (χ2v) is 5.84. The molecule has 0 spiro atoms. The zero-order valence-corrected chi connectivity index (χ0v) is 13.9. The highest BCUT2D eigenvalue weighted by atomic mass is 35.5. The predicted octanol–water partition coefficient (Wildman–Crippen LogP) is 4.15. The average Bonchev–Trinajstić information content (AvgIpc) is 2.79. The van der Waals surface area contributed by atoms with Gasteiger partial charge in [0.1, 0.15) is 11.5 Å². The highest BCUT2D eigenvalue weighted by Gasteiger charge is 2.17. The number of furan rings is 1. The summed E-state index contributed by atoms with van der Waals surface area (Å²) < 4.78 is 5.75. The highest BCUT2D eigenvalue weighted by Crippen LogP contribution is 2.28. The minimum atomic E-state index is 0.251. The van der Waals surface area contributed by atoms with Crippen molar-refractivity contribution in [3.05, 3.63) is 58.0 Å². The normalized spacial score (nSPS) is 12.9. The summed E-state index contributed by atoms with van der Waals surface area (Å²) in [6.45, 7) is 5.78. The van der Waals surface area contributed by atoms with E-state index in [0.717, 1.165) is 35.2 Å². The molecule has 1 N–H and O–H groups in total. The Morgan fingerprint density at radius 1 is 1.33 bits per heavy atom. The molecular formula is C17H23ClN2O. The minimum Gasteiger partial charge on any atom is -0.465 e. The first-order chi connectivity index (χ1) is 10.0. The van der Waals surface area contributed by atoms with Gasteiger partial charge in [0.25, 0.3) is 0 Å². The van der Waals surface area contributed by atoms with Gasteiger partial charge in [0, 0.05) is 23.2 Å². The minimum absolute atomic E-state index is 0.251. The fraction of sp³-hybridized carbons (Fsp3) is 0.412. The molecule has 0 fully saturated rings. The summed E-state index contributed by atoms with van der Waals surface area (Å²) >= 11 is 6.29. The van der Waals surface area contributed by atoms with Gasteiger partial charge >= 0.3 is 0 Å². The first kappa shape index (κ1) is 16.1. The molecule has 1 atom stereocenters. The molecule has 1 heterocycles. The molecule has 0 bridgehead atoms. The Hall–Kier alpha value is -1.29. The quantitative estimate of drug-likeness (QED) is 0.869. The number of hydrogen-bond donors (Lipinski definition) is 1. The molecule has 3 nitrogen and oxygen atoms in total. The zero-order valence-electron chi connectivity index (χ0n) is 13.1. The van der Waals surface area contributed by atoms with Gasteiger partial charge in [-0.05, 0) is 45.6 Å². The van der Waals surface area contributed by atoms with E-state index in [0.29, 0.717) is 0 Å². The molecular weight excluding hydrogens is 284 g/mol. The fourth-order valence-corrected chi connectivity index (χ4v) is 2.76. The molecule has 0 saturated carbocycles. The number of hydrogen-bond acceptors (Lipinski definition) is 3. The van der Waals surface area contributed by atoms with Crippen LogP contribution in [0.4, 0.5) is 0 Å². The Morgan fingerprint density at radius 2 is 2.05 bits per heavy atom. The van der Waals surface area contributed by atoms with E-state index in [1.807, 2.05) is 32.2 Å². The highest BCUT2D eigenvalue weighted by molar-refractivity contribution is 6.31. The number of benzene rings is 1. The SMILES string of the molecule is CNCc1cc(CN(C)C(C)c2ccccc2Cl)c(C)o1. The van der Waals surface area contributed by atoms with Crippen LogP contribution in [-0.2, 0) is 13.1 Å². The maximum atomic E-state index is 6.29. The molecule has 114 valence electrons. The largest absolute Gasteiger partial charge is 0.465 e. The van der Waals surface area contributed by atoms with Gasteiger partial charge in [-0.25, -0.2) is 0 Å². The van der Waals surface area contributed by atoms with Crippen LogP contribution < -0.4 is 5.32 Å². The van der Waals surface area contributed by atoms with Crippen LogP contribution in [0.15, 0.2) is 34.7 Å². The molecule has 1 unspecified atom stereocenters. The van der Waals surface area contributed by atoms with Crippen molar-refractivity contribution in [3.63, 3.8) is 0 Å². The molecule has 0 amide bonds. The number of rotatable bonds is 6. The van der Waals surface area contributed by atoms with Crippen molar-refractivity contribution in [1.82, 2.24) is 10.2 Å². The smallest absolute Gasteiger partial charge is 0.118 e. The van der Waals surface area contributed by atoms with Crippen molar-refractivity contribution in [2.24, 2.45) is 0 Å². The van der Waals surface area contributed by atoms with E-state index in [1.165, 1.54) is 5.56 Å². The maximum absolute atomic E-state index is 6.29. The third kappa shape index (κ3) is 3.88. The van der Waals surface area contributed by atoms with Crippen molar-refractivity contribution in [1.29, 1.82) is 0 Å². The molecule has 2 rings (SSSR count). The van der Waals surface area contributed by atoms with Gasteiger partial charge in [-0.15, -0.1) is 0 Å². The second-order valence-electron chi connectivity index (χ2n) is 5.44. The molecule has 0 aliphatic heterocycles. The summed E-state index contributed by atoms with van der Waals surface area (Å²) in [5.74, 6) is 1.96. The van der Waals surface area contributed by atoms with Crippen LogP contribution in [0.3, 0.4) is 0 Å². The summed E-state index contributed by atoms with van der Waals surface area (Å²) in [5.41, 5.74) is 2.37. The van der Waals surface area contributed by atoms with Crippen LogP contribution in [0.25, 0.3) is 0 Å². The number of aryl methyl sites for hydroxylation is 1. The van der Waals surface area contributed by atoms with Crippen LogP contribution in [0.5, 0.6) is 0 Å². The van der Waals surface area contributed by atoms with Crippen LogP contribution >= 0.6 is 11.6 Å². The summed E-state index contributed by atoms with van der Waals surface area (Å²) in [5, 5.41) is 3.93. The Bertz CT molecular complexity index is 594.